The topological polar surface area (TPSA) is 92.3 Å². The third-order valence-corrected chi connectivity index (χ3v) is 4.38. The van der Waals surface area contributed by atoms with Gasteiger partial charge in [-0.2, -0.15) is 0 Å². The van der Waals surface area contributed by atoms with Crippen LogP contribution in [0.5, 0.6) is 0 Å². The third kappa shape index (κ3) is 7.97. The Labute approximate surface area is 185 Å². The molecule has 0 heterocycles. The molecule has 2 N–H and O–H groups in total. The molecule has 0 aliphatic rings. The first-order valence-electron chi connectivity index (χ1n) is 9.37. The average Bonchev–Trinajstić information content (AvgIpc) is 2.70. The monoisotopic (exact) mass is 450 g/mol. The smallest absolute Gasteiger partial charge is 0.237 e. The van der Waals surface area contributed by atoms with Crippen molar-refractivity contribution in [1.82, 2.24) is 10.6 Å². The predicted octanol–water partition coefficient (Wildman–Crippen LogP) is 3.34. The Balaban J connectivity index is 0.000000311. The van der Waals surface area contributed by atoms with Crippen molar-refractivity contribution in [3.63, 3.8) is 0 Å². The van der Waals surface area contributed by atoms with E-state index in [1.807, 2.05) is 32.0 Å². The fourth-order valence-electron chi connectivity index (χ4n) is 2.62. The van der Waals surface area contributed by atoms with Gasteiger partial charge in [0.25, 0.3) is 0 Å². The van der Waals surface area contributed by atoms with Crippen molar-refractivity contribution in [2.24, 2.45) is 0 Å². The lowest BCUT2D eigenvalue weighted by Crippen LogP contribution is -2.39. The maximum Gasteiger partial charge on any atom is 0.237 e. The largest absolute Gasteiger partial charge is 0.355 e. The number of halogens is 2. The number of hydrogen-bond donors (Lipinski definition) is 2. The molecule has 6 nitrogen and oxygen atoms in total. The minimum absolute atomic E-state index is 0.260. The zero-order valence-electron chi connectivity index (χ0n) is 16.7. The van der Waals surface area contributed by atoms with Crippen LogP contribution < -0.4 is 10.6 Å². The van der Waals surface area contributed by atoms with E-state index in [4.69, 9.17) is 23.2 Å². The van der Waals surface area contributed by atoms with Crippen LogP contribution in [0, 0.1) is 0 Å². The van der Waals surface area contributed by atoms with Gasteiger partial charge in [0.2, 0.25) is 22.3 Å². The second-order valence-electron chi connectivity index (χ2n) is 6.08. The summed E-state index contributed by atoms with van der Waals surface area (Å²) in [6.07, 6.45) is 0. The highest BCUT2D eigenvalue weighted by atomic mass is 35.5. The van der Waals surface area contributed by atoms with E-state index in [2.05, 4.69) is 10.6 Å². The molecule has 0 aliphatic heterocycles. The predicted molar refractivity (Wildman–Crippen MR) is 117 cm³/mol. The van der Waals surface area contributed by atoms with E-state index in [1.165, 1.54) is 0 Å². The third-order valence-electron chi connectivity index (χ3n) is 3.95. The minimum atomic E-state index is -1.05. The van der Waals surface area contributed by atoms with E-state index >= 15 is 0 Å². The van der Waals surface area contributed by atoms with E-state index in [9.17, 15) is 19.2 Å². The summed E-state index contributed by atoms with van der Waals surface area (Å²) in [5.74, 6) is -2.34. The summed E-state index contributed by atoms with van der Waals surface area (Å²) >= 11 is 10.5. The van der Waals surface area contributed by atoms with Crippen molar-refractivity contribution in [3.8, 4) is 0 Å². The molecule has 30 heavy (non-hydrogen) atoms. The van der Waals surface area contributed by atoms with Crippen LogP contribution in [0.1, 0.15) is 36.8 Å². The van der Waals surface area contributed by atoms with Crippen molar-refractivity contribution in [2.75, 3.05) is 13.1 Å². The van der Waals surface area contributed by atoms with Gasteiger partial charge in [-0.15, -0.1) is 0 Å². The lowest BCUT2D eigenvalue weighted by molar-refractivity contribution is -0.131. The van der Waals surface area contributed by atoms with E-state index in [-0.39, 0.29) is 11.8 Å². The van der Waals surface area contributed by atoms with Gasteiger partial charge in [-0.1, -0.05) is 60.7 Å². The number of rotatable bonds is 8. The lowest BCUT2D eigenvalue weighted by atomic mass is 9.97. The SMILES string of the molecule is CCNC(=O)C(C(=O)NCC)c1ccccc1.O=C(Cl)C(C(=O)Cl)c1ccccc1. The maximum atomic E-state index is 11.9. The maximum absolute atomic E-state index is 11.9. The van der Waals surface area contributed by atoms with Gasteiger partial charge in [-0.05, 0) is 48.2 Å². The Morgan fingerprint density at radius 2 is 1.00 bits per heavy atom. The van der Waals surface area contributed by atoms with Crippen molar-refractivity contribution >= 4 is 45.5 Å². The van der Waals surface area contributed by atoms with Gasteiger partial charge in [-0.3, -0.25) is 19.2 Å². The van der Waals surface area contributed by atoms with Gasteiger partial charge in [0, 0.05) is 13.1 Å². The molecule has 2 aromatic rings. The molecule has 2 rings (SSSR count). The molecular weight excluding hydrogens is 427 g/mol. The molecule has 8 heteroatoms. The molecule has 0 saturated heterocycles. The van der Waals surface area contributed by atoms with Crippen molar-refractivity contribution in [1.29, 1.82) is 0 Å². The first-order valence-corrected chi connectivity index (χ1v) is 10.1. The normalized spacial score (nSPS) is 10.1. The summed E-state index contributed by atoms with van der Waals surface area (Å²) in [6, 6.07) is 17.5. The van der Waals surface area contributed by atoms with Gasteiger partial charge in [-0.25, -0.2) is 0 Å². The molecule has 0 radical (unpaired) electrons. The first-order chi connectivity index (χ1) is 14.3. The quantitative estimate of drug-likeness (QED) is 0.476. The van der Waals surface area contributed by atoms with Gasteiger partial charge in [0.1, 0.15) is 11.8 Å². The summed E-state index contributed by atoms with van der Waals surface area (Å²) in [5.41, 5.74) is 1.23. The van der Waals surface area contributed by atoms with Crippen LogP contribution in [-0.4, -0.2) is 35.4 Å². The van der Waals surface area contributed by atoms with Crippen molar-refractivity contribution < 1.29 is 19.2 Å². The molecule has 0 spiro atoms. The number of likely N-dealkylation sites (N-methyl/N-ethyl adjacent to an activating group) is 2. The molecule has 0 unspecified atom stereocenters. The number of carbonyl (C=O) groups excluding carboxylic acids is 4. The molecule has 0 aromatic heterocycles. The molecule has 0 aliphatic carbocycles. The lowest BCUT2D eigenvalue weighted by Gasteiger charge is -2.15. The van der Waals surface area contributed by atoms with Gasteiger partial charge in [0.15, 0.2) is 0 Å². The van der Waals surface area contributed by atoms with Crippen LogP contribution in [0.2, 0.25) is 0 Å². The van der Waals surface area contributed by atoms with Crippen LogP contribution in [0.4, 0.5) is 0 Å². The molecule has 2 amide bonds. The number of benzene rings is 2. The Hall–Kier alpha value is -2.70. The van der Waals surface area contributed by atoms with Crippen molar-refractivity contribution in [3.05, 3.63) is 71.8 Å². The Morgan fingerprint density at radius 1 is 0.667 bits per heavy atom. The number of hydrogen-bond acceptors (Lipinski definition) is 4. The standard InChI is InChI=1S/C13H18N2O2.C9H6Cl2O2/c1-3-14-12(16)11(13(17)15-4-2)10-8-6-5-7-9-10;10-8(12)7(9(11)13)6-4-2-1-3-5-6/h5-9,11H,3-4H2,1-2H3,(H,14,16)(H,15,17);1-5,7H. The molecule has 0 saturated carbocycles. The molecule has 160 valence electrons. The Kier molecular flexibility index (Phi) is 11.4. The van der Waals surface area contributed by atoms with Crippen LogP contribution in [0.15, 0.2) is 60.7 Å². The zero-order chi connectivity index (χ0) is 22.5. The van der Waals surface area contributed by atoms with Crippen LogP contribution in [-0.2, 0) is 19.2 Å². The highest BCUT2D eigenvalue weighted by Crippen LogP contribution is 2.21. The average molecular weight is 451 g/mol. The molecule has 0 atom stereocenters. The molecule has 0 fully saturated rings. The van der Waals surface area contributed by atoms with Crippen LogP contribution in [0.25, 0.3) is 0 Å². The highest BCUT2D eigenvalue weighted by molar-refractivity contribution is 6.74. The highest BCUT2D eigenvalue weighted by Gasteiger charge is 2.27. The van der Waals surface area contributed by atoms with Gasteiger partial charge >= 0.3 is 0 Å². The summed E-state index contributed by atoms with van der Waals surface area (Å²) in [5, 5.41) is 3.85. The summed E-state index contributed by atoms with van der Waals surface area (Å²) in [6.45, 7) is 4.69. The Bertz CT molecular complexity index is 813. The van der Waals surface area contributed by atoms with E-state index in [0.29, 0.717) is 24.2 Å². The second-order valence-corrected chi connectivity index (χ2v) is 6.83. The van der Waals surface area contributed by atoms with Crippen LogP contribution in [0.3, 0.4) is 0 Å². The number of carbonyl (C=O) groups is 4. The number of amides is 2. The summed E-state index contributed by atoms with van der Waals surface area (Å²) < 4.78 is 0. The van der Waals surface area contributed by atoms with E-state index in [1.54, 1.807) is 42.5 Å². The van der Waals surface area contributed by atoms with Crippen molar-refractivity contribution in [2.45, 2.75) is 25.7 Å². The van der Waals surface area contributed by atoms with Gasteiger partial charge in [0.05, 0.1) is 0 Å². The zero-order valence-corrected chi connectivity index (χ0v) is 18.2. The Morgan fingerprint density at radius 3 is 1.30 bits per heavy atom. The second kappa shape index (κ2) is 13.5. The summed E-state index contributed by atoms with van der Waals surface area (Å²) in [4.78, 5) is 45.5. The van der Waals surface area contributed by atoms with E-state index in [0.717, 1.165) is 0 Å². The molecular formula is C22H24Cl2N2O4. The minimum Gasteiger partial charge on any atom is -0.355 e. The number of nitrogens with one attached hydrogen (secondary N) is 2. The molecule has 0 bridgehead atoms. The fourth-order valence-corrected chi connectivity index (χ4v) is 3.12. The summed E-state index contributed by atoms with van der Waals surface area (Å²) in [7, 11) is 0. The van der Waals surface area contributed by atoms with Crippen LogP contribution >= 0.6 is 23.2 Å². The fraction of sp³-hybridized carbons (Fsp3) is 0.273. The van der Waals surface area contributed by atoms with Gasteiger partial charge < -0.3 is 10.6 Å². The molecule has 2 aromatic carbocycles. The first kappa shape index (κ1) is 25.3. The van der Waals surface area contributed by atoms with E-state index < -0.39 is 22.3 Å².